The Bertz CT molecular complexity index is 870. The monoisotopic (exact) mass is 416 g/mol. The Morgan fingerprint density at radius 2 is 1.83 bits per heavy atom. The molecule has 1 amide bonds. The fourth-order valence-corrected chi connectivity index (χ4v) is 4.34. The van der Waals surface area contributed by atoms with Gasteiger partial charge in [0.05, 0.1) is 6.04 Å². The Morgan fingerprint density at radius 1 is 1.17 bits per heavy atom. The minimum absolute atomic E-state index is 0.00311. The second-order valence-corrected chi connectivity index (χ2v) is 8.68. The highest BCUT2D eigenvalue weighted by Gasteiger charge is 2.27. The zero-order valence-corrected chi connectivity index (χ0v) is 18.4. The summed E-state index contributed by atoms with van der Waals surface area (Å²) >= 11 is 6.15. The van der Waals surface area contributed by atoms with Crippen molar-refractivity contribution in [1.29, 1.82) is 0 Å². The number of piperidine rings is 1. The van der Waals surface area contributed by atoms with Crippen molar-refractivity contribution < 1.29 is 9.18 Å². The molecule has 1 atom stereocenters. The van der Waals surface area contributed by atoms with E-state index in [-0.39, 0.29) is 23.7 Å². The van der Waals surface area contributed by atoms with Gasteiger partial charge in [0.25, 0.3) is 0 Å². The third kappa shape index (κ3) is 5.18. The van der Waals surface area contributed by atoms with Gasteiger partial charge in [0, 0.05) is 23.0 Å². The lowest BCUT2D eigenvalue weighted by molar-refractivity contribution is -0.127. The summed E-state index contributed by atoms with van der Waals surface area (Å²) in [5, 5.41) is 3.66. The van der Waals surface area contributed by atoms with Gasteiger partial charge in [-0.25, -0.2) is 4.39 Å². The molecule has 0 saturated carbocycles. The smallest absolute Gasteiger partial charge is 0.223 e. The first kappa shape index (κ1) is 21.8. The number of benzene rings is 2. The highest BCUT2D eigenvalue weighted by atomic mass is 35.5. The highest BCUT2D eigenvalue weighted by molar-refractivity contribution is 6.31. The molecule has 2 aromatic carbocycles. The van der Waals surface area contributed by atoms with Crippen molar-refractivity contribution >= 4 is 17.5 Å². The van der Waals surface area contributed by atoms with Crippen LogP contribution in [0.25, 0.3) is 0 Å². The Hall–Kier alpha value is -1.91. The van der Waals surface area contributed by atoms with Crippen LogP contribution < -0.4 is 5.32 Å². The number of amides is 1. The van der Waals surface area contributed by atoms with Crippen LogP contribution in [0.5, 0.6) is 0 Å². The number of carbonyl (C=O) groups excluding carboxylic acids is 1. The second-order valence-electron chi connectivity index (χ2n) is 8.27. The summed E-state index contributed by atoms with van der Waals surface area (Å²) in [7, 11) is 0. The van der Waals surface area contributed by atoms with E-state index in [0.717, 1.165) is 25.9 Å². The molecule has 1 saturated heterocycles. The fourth-order valence-electron chi connectivity index (χ4n) is 4.12. The molecule has 29 heavy (non-hydrogen) atoms. The molecule has 3 rings (SSSR count). The van der Waals surface area contributed by atoms with Gasteiger partial charge in [-0.3, -0.25) is 9.69 Å². The summed E-state index contributed by atoms with van der Waals surface area (Å²) in [5.74, 6) is -0.162. The lowest BCUT2D eigenvalue weighted by Crippen LogP contribution is -2.41. The topological polar surface area (TPSA) is 32.3 Å². The Balaban J connectivity index is 1.55. The van der Waals surface area contributed by atoms with Crippen molar-refractivity contribution in [3.8, 4) is 0 Å². The average Bonchev–Trinajstić information content (AvgIpc) is 2.68. The van der Waals surface area contributed by atoms with Crippen LogP contribution >= 0.6 is 11.6 Å². The van der Waals surface area contributed by atoms with Crippen LogP contribution in [0.1, 0.15) is 53.6 Å². The Labute approximate surface area is 178 Å². The van der Waals surface area contributed by atoms with E-state index in [1.165, 1.54) is 28.3 Å². The van der Waals surface area contributed by atoms with Crippen LogP contribution in [0.3, 0.4) is 0 Å². The zero-order chi connectivity index (χ0) is 21.1. The number of carbonyl (C=O) groups is 1. The molecule has 0 spiro atoms. The molecule has 0 aromatic heterocycles. The van der Waals surface area contributed by atoms with E-state index >= 15 is 0 Å². The van der Waals surface area contributed by atoms with E-state index in [1.807, 2.05) is 6.92 Å². The largest absolute Gasteiger partial charge is 0.349 e. The Morgan fingerprint density at radius 3 is 2.48 bits per heavy atom. The molecule has 3 nitrogen and oxygen atoms in total. The van der Waals surface area contributed by atoms with E-state index in [4.69, 9.17) is 11.6 Å². The predicted octanol–water partition coefficient (Wildman–Crippen LogP) is 5.49. The summed E-state index contributed by atoms with van der Waals surface area (Å²) in [6.45, 7) is 10.4. The first-order valence-corrected chi connectivity index (χ1v) is 10.7. The summed E-state index contributed by atoms with van der Waals surface area (Å²) in [6.07, 6.45) is 1.55. The third-order valence-electron chi connectivity index (χ3n) is 6.11. The summed E-state index contributed by atoms with van der Waals surface area (Å²) < 4.78 is 14.0. The number of likely N-dealkylation sites (tertiary alicyclic amines) is 1. The molecule has 1 aliphatic heterocycles. The normalized spacial score (nSPS) is 16.6. The molecule has 0 aliphatic carbocycles. The number of hydrogen-bond donors (Lipinski definition) is 1. The van der Waals surface area contributed by atoms with Crippen LogP contribution in [0.15, 0.2) is 30.3 Å². The highest BCUT2D eigenvalue weighted by Crippen LogP contribution is 2.26. The fraction of sp³-hybridized carbons (Fsp3) is 0.458. The van der Waals surface area contributed by atoms with Crippen LogP contribution in [0.2, 0.25) is 5.02 Å². The number of nitrogens with one attached hydrogen (secondary N) is 1. The van der Waals surface area contributed by atoms with Gasteiger partial charge in [0.1, 0.15) is 5.82 Å². The second kappa shape index (κ2) is 9.27. The minimum atomic E-state index is -0.269. The van der Waals surface area contributed by atoms with E-state index in [0.29, 0.717) is 17.1 Å². The molecule has 1 aliphatic rings. The van der Waals surface area contributed by atoms with Gasteiger partial charge in [0.15, 0.2) is 0 Å². The molecule has 1 fully saturated rings. The van der Waals surface area contributed by atoms with Crippen molar-refractivity contribution in [2.45, 2.75) is 53.1 Å². The average molecular weight is 417 g/mol. The van der Waals surface area contributed by atoms with E-state index < -0.39 is 0 Å². The van der Waals surface area contributed by atoms with Gasteiger partial charge in [-0.1, -0.05) is 29.8 Å². The number of rotatable bonds is 5. The van der Waals surface area contributed by atoms with Crippen LogP contribution in [-0.2, 0) is 11.3 Å². The number of aryl methyl sites for hydroxylation is 3. The third-order valence-corrected chi connectivity index (χ3v) is 6.46. The van der Waals surface area contributed by atoms with Crippen LogP contribution in [-0.4, -0.2) is 23.9 Å². The van der Waals surface area contributed by atoms with Gasteiger partial charge in [-0.2, -0.15) is 0 Å². The first-order chi connectivity index (χ1) is 13.8. The number of hydrogen-bond acceptors (Lipinski definition) is 2. The van der Waals surface area contributed by atoms with Crippen LogP contribution in [0.4, 0.5) is 4.39 Å². The summed E-state index contributed by atoms with van der Waals surface area (Å²) in [6, 6.07) is 9.12. The number of halogens is 2. The molecule has 0 radical (unpaired) electrons. The maximum atomic E-state index is 14.0. The van der Waals surface area contributed by atoms with Gasteiger partial charge in [-0.05, 0) is 88.0 Å². The van der Waals surface area contributed by atoms with Crippen molar-refractivity contribution in [2.75, 3.05) is 13.1 Å². The van der Waals surface area contributed by atoms with Crippen molar-refractivity contribution in [1.82, 2.24) is 10.2 Å². The first-order valence-electron chi connectivity index (χ1n) is 10.3. The molecule has 0 unspecified atom stereocenters. The number of nitrogens with zero attached hydrogens (tertiary/aromatic N) is 1. The van der Waals surface area contributed by atoms with Gasteiger partial charge >= 0.3 is 0 Å². The lowest BCUT2D eigenvalue weighted by Gasteiger charge is -2.32. The van der Waals surface area contributed by atoms with E-state index in [1.54, 1.807) is 12.1 Å². The van der Waals surface area contributed by atoms with E-state index in [2.05, 4.69) is 43.1 Å². The van der Waals surface area contributed by atoms with Crippen LogP contribution in [0, 0.1) is 32.5 Å². The Kier molecular flexibility index (Phi) is 6.97. The molecule has 156 valence electrons. The standard InChI is InChI=1S/C24H30ClFN2O/c1-15-12-17(3)20(13-16(15)2)18(4)27-24(29)19-8-10-28(11-9-19)14-21-22(25)6-5-7-23(21)26/h5-7,12-13,18-19H,8-11,14H2,1-4H3,(H,27,29)/t18-/m0/s1. The molecule has 2 aromatic rings. The van der Waals surface area contributed by atoms with Crippen molar-refractivity contribution in [2.24, 2.45) is 5.92 Å². The SMILES string of the molecule is Cc1cc(C)c([C@H](C)NC(=O)C2CCN(Cc3c(F)cccc3Cl)CC2)cc1C. The van der Waals surface area contributed by atoms with Gasteiger partial charge in [-0.15, -0.1) is 0 Å². The maximum Gasteiger partial charge on any atom is 0.223 e. The maximum absolute atomic E-state index is 14.0. The van der Waals surface area contributed by atoms with Crippen molar-refractivity contribution in [3.05, 3.63) is 69.0 Å². The molecule has 1 heterocycles. The summed E-state index contributed by atoms with van der Waals surface area (Å²) in [5.41, 5.74) is 5.43. The van der Waals surface area contributed by atoms with Gasteiger partial charge in [0.2, 0.25) is 5.91 Å². The zero-order valence-electron chi connectivity index (χ0n) is 17.7. The van der Waals surface area contributed by atoms with Crippen molar-refractivity contribution in [3.63, 3.8) is 0 Å². The molecule has 0 bridgehead atoms. The quantitative estimate of drug-likeness (QED) is 0.698. The minimum Gasteiger partial charge on any atom is -0.349 e. The lowest BCUT2D eigenvalue weighted by atomic mass is 9.93. The van der Waals surface area contributed by atoms with Gasteiger partial charge < -0.3 is 5.32 Å². The molecular weight excluding hydrogens is 387 g/mol. The van der Waals surface area contributed by atoms with E-state index in [9.17, 15) is 9.18 Å². The molecule has 5 heteroatoms. The summed E-state index contributed by atoms with van der Waals surface area (Å²) in [4.78, 5) is 15.0. The molecule has 1 N–H and O–H groups in total. The molecular formula is C24H30ClFN2O. The predicted molar refractivity (Wildman–Crippen MR) is 117 cm³/mol.